The second-order valence-corrected chi connectivity index (χ2v) is 6.52. The number of carbonyl (C=O) groups excluding carboxylic acids is 3. The Kier molecular flexibility index (Phi) is 10.5. The van der Waals surface area contributed by atoms with Crippen molar-refractivity contribution in [3.8, 4) is 18.1 Å². The zero-order valence-corrected chi connectivity index (χ0v) is 16.4. The van der Waals surface area contributed by atoms with E-state index in [1.807, 2.05) is 6.26 Å². The van der Waals surface area contributed by atoms with Crippen LogP contribution in [0.1, 0.15) is 23.2 Å². The molecule has 1 unspecified atom stereocenters. The van der Waals surface area contributed by atoms with Gasteiger partial charge in [0, 0.05) is 13.0 Å². The highest BCUT2D eigenvalue weighted by Gasteiger charge is 2.22. The quantitative estimate of drug-likeness (QED) is 0.485. The van der Waals surface area contributed by atoms with E-state index in [0.29, 0.717) is 23.5 Å². The lowest BCUT2D eigenvalue weighted by molar-refractivity contribution is -0.123. The lowest BCUT2D eigenvalue weighted by Crippen LogP contribution is -2.47. The van der Waals surface area contributed by atoms with E-state index in [1.54, 1.807) is 36.0 Å². The van der Waals surface area contributed by atoms with Crippen LogP contribution in [-0.4, -0.2) is 56.0 Å². The fourth-order valence-electron chi connectivity index (χ4n) is 2.23. The van der Waals surface area contributed by atoms with Crippen LogP contribution in [0.25, 0.3) is 0 Å². The molecule has 1 aromatic carbocycles. The SMILES string of the molecule is C#CCNC(=O)CCNC(=O)C(CCSC)NC(=O)c1ccccc1OC. The van der Waals surface area contributed by atoms with Gasteiger partial charge in [-0.1, -0.05) is 18.1 Å². The molecule has 3 N–H and O–H groups in total. The number of benzene rings is 1. The highest BCUT2D eigenvalue weighted by atomic mass is 32.2. The number of methoxy groups -OCH3 is 1. The minimum Gasteiger partial charge on any atom is -0.496 e. The summed E-state index contributed by atoms with van der Waals surface area (Å²) in [7, 11) is 1.48. The molecule has 1 rings (SSSR count). The smallest absolute Gasteiger partial charge is 0.255 e. The number of rotatable bonds is 11. The third kappa shape index (κ3) is 8.05. The fraction of sp³-hybridized carbons (Fsp3) is 0.421. The first kappa shape index (κ1) is 22.4. The lowest BCUT2D eigenvalue weighted by atomic mass is 10.1. The summed E-state index contributed by atoms with van der Waals surface area (Å²) in [6.45, 7) is 0.313. The van der Waals surface area contributed by atoms with E-state index in [0.717, 1.165) is 0 Å². The largest absolute Gasteiger partial charge is 0.496 e. The third-order valence-electron chi connectivity index (χ3n) is 3.62. The molecule has 0 aliphatic heterocycles. The summed E-state index contributed by atoms with van der Waals surface area (Å²) in [5, 5.41) is 7.94. The summed E-state index contributed by atoms with van der Waals surface area (Å²) < 4.78 is 5.19. The second-order valence-electron chi connectivity index (χ2n) is 5.53. The molecule has 7 nitrogen and oxygen atoms in total. The van der Waals surface area contributed by atoms with Gasteiger partial charge in [0.25, 0.3) is 5.91 Å². The number of amides is 3. The number of thioether (sulfide) groups is 1. The van der Waals surface area contributed by atoms with Gasteiger partial charge in [0.1, 0.15) is 11.8 Å². The fourth-order valence-corrected chi connectivity index (χ4v) is 2.70. The zero-order chi connectivity index (χ0) is 20.1. The van der Waals surface area contributed by atoms with Gasteiger partial charge in [0.05, 0.1) is 19.2 Å². The number of para-hydroxylation sites is 1. The van der Waals surface area contributed by atoms with Crippen LogP contribution in [-0.2, 0) is 9.59 Å². The predicted molar refractivity (Wildman–Crippen MR) is 107 cm³/mol. The van der Waals surface area contributed by atoms with Crippen molar-refractivity contribution in [1.82, 2.24) is 16.0 Å². The van der Waals surface area contributed by atoms with Crippen LogP contribution in [0.4, 0.5) is 0 Å². The molecule has 0 bridgehead atoms. The molecule has 0 aliphatic carbocycles. The molecule has 1 aromatic rings. The van der Waals surface area contributed by atoms with Gasteiger partial charge in [-0.25, -0.2) is 0 Å². The van der Waals surface area contributed by atoms with E-state index in [9.17, 15) is 14.4 Å². The van der Waals surface area contributed by atoms with Crippen LogP contribution in [0.3, 0.4) is 0 Å². The molecule has 27 heavy (non-hydrogen) atoms. The minimum atomic E-state index is -0.705. The standard InChI is InChI=1S/C19H25N3O4S/c1-4-11-20-17(23)9-12-21-19(25)15(10-13-27-3)22-18(24)14-7-5-6-8-16(14)26-2/h1,5-8,15H,9-13H2,2-3H3,(H,20,23)(H,21,25)(H,22,24). The molecular formula is C19H25N3O4S. The number of hydrogen-bond acceptors (Lipinski definition) is 5. The van der Waals surface area contributed by atoms with Gasteiger partial charge >= 0.3 is 0 Å². The van der Waals surface area contributed by atoms with Crippen LogP contribution in [0.2, 0.25) is 0 Å². The Morgan fingerprint density at radius 1 is 1.26 bits per heavy atom. The molecular weight excluding hydrogens is 366 g/mol. The molecule has 0 aromatic heterocycles. The van der Waals surface area contributed by atoms with Gasteiger partial charge in [-0.15, -0.1) is 6.42 Å². The molecule has 0 aliphatic rings. The summed E-state index contributed by atoms with van der Waals surface area (Å²) >= 11 is 1.58. The number of nitrogens with one attached hydrogen (secondary N) is 3. The Morgan fingerprint density at radius 3 is 2.67 bits per heavy atom. The monoisotopic (exact) mass is 391 g/mol. The molecule has 3 amide bonds. The van der Waals surface area contributed by atoms with Gasteiger partial charge in [0.15, 0.2) is 0 Å². The molecule has 8 heteroatoms. The minimum absolute atomic E-state index is 0.114. The first-order valence-corrected chi connectivity index (χ1v) is 9.83. The average Bonchev–Trinajstić information content (AvgIpc) is 2.69. The molecule has 0 saturated carbocycles. The Labute approximate surface area is 164 Å². The van der Waals surface area contributed by atoms with Crippen molar-refractivity contribution in [2.75, 3.05) is 32.2 Å². The lowest BCUT2D eigenvalue weighted by Gasteiger charge is -2.19. The van der Waals surface area contributed by atoms with Crippen molar-refractivity contribution in [3.63, 3.8) is 0 Å². The van der Waals surface area contributed by atoms with Gasteiger partial charge in [-0.05, 0) is 30.6 Å². The van der Waals surface area contributed by atoms with Crippen LogP contribution in [0.5, 0.6) is 5.75 Å². The Morgan fingerprint density at radius 2 is 2.00 bits per heavy atom. The number of carbonyl (C=O) groups is 3. The first-order valence-electron chi connectivity index (χ1n) is 8.44. The molecule has 0 fully saturated rings. The molecule has 0 saturated heterocycles. The van der Waals surface area contributed by atoms with E-state index in [-0.39, 0.29) is 37.2 Å². The van der Waals surface area contributed by atoms with Crippen molar-refractivity contribution in [2.24, 2.45) is 0 Å². The van der Waals surface area contributed by atoms with E-state index >= 15 is 0 Å². The summed E-state index contributed by atoms with van der Waals surface area (Å²) in [4.78, 5) is 36.5. The van der Waals surface area contributed by atoms with Crippen molar-refractivity contribution in [2.45, 2.75) is 18.9 Å². The molecule has 146 valence electrons. The van der Waals surface area contributed by atoms with Crippen LogP contribution in [0.15, 0.2) is 24.3 Å². The van der Waals surface area contributed by atoms with Gasteiger partial charge in [-0.2, -0.15) is 11.8 Å². The summed E-state index contributed by atoms with van der Waals surface area (Å²) in [6, 6.07) is 6.10. The number of terminal acetylenes is 1. The molecule has 0 radical (unpaired) electrons. The Hall–Kier alpha value is -2.66. The maximum Gasteiger partial charge on any atom is 0.255 e. The molecule has 1 atom stereocenters. The van der Waals surface area contributed by atoms with E-state index in [2.05, 4.69) is 21.9 Å². The maximum absolute atomic E-state index is 12.5. The van der Waals surface area contributed by atoms with Crippen molar-refractivity contribution >= 4 is 29.5 Å². The summed E-state index contributed by atoms with van der Waals surface area (Å²) in [5.74, 6) is 2.47. The van der Waals surface area contributed by atoms with Gasteiger partial charge in [-0.3, -0.25) is 14.4 Å². The van der Waals surface area contributed by atoms with Crippen molar-refractivity contribution in [3.05, 3.63) is 29.8 Å². The summed E-state index contributed by atoms with van der Waals surface area (Å²) in [5.41, 5.74) is 0.357. The second kappa shape index (κ2) is 12.7. The molecule has 0 spiro atoms. The normalized spacial score (nSPS) is 11.0. The van der Waals surface area contributed by atoms with Crippen LogP contribution >= 0.6 is 11.8 Å². The topological polar surface area (TPSA) is 96.5 Å². The summed E-state index contributed by atoms with van der Waals surface area (Å²) in [6.07, 6.45) is 7.58. The zero-order valence-electron chi connectivity index (χ0n) is 15.5. The third-order valence-corrected chi connectivity index (χ3v) is 4.27. The maximum atomic E-state index is 12.5. The van der Waals surface area contributed by atoms with Crippen LogP contribution in [0, 0.1) is 12.3 Å². The van der Waals surface area contributed by atoms with Crippen molar-refractivity contribution < 1.29 is 19.1 Å². The van der Waals surface area contributed by atoms with Crippen LogP contribution < -0.4 is 20.7 Å². The predicted octanol–water partition coefficient (Wildman–Crippen LogP) is 0.802. The van der Waals surface area contributed by atoms with Crippen molar-refractivity contribution in [1.29, 1.82) is 0 Å². The first-order chi connectivity index (χ1) is 13.0. The van der Waals surface area contributed by atoms with Gasteiger partial charge < -0.3 is 20.7 Å². The van der Waals surface area contributed by atoms with E-state index in [4.69, 9.17) is 11.2 Å². The highest BCUT2D eigenvalue weighted by molar-refractivity contribution is 7.98. The van der Waals surface area contributed by atoms with E-state index < -0.39 is 6.04 Å². The number of ether oxygens (including phenoxy) is 1. The average molecular weight is 391 g/mol. The Bertz CT molecular complexity index is 688. The molecule has 0 heterocycles. The highest BCUT2D eigenvalue weighted by Crippen LogP contribution is 2.17. The Balaban J connectivity index is 2.66. The number of hydrogen-bond donors (Lipinski definition) is 3. The van der Waals surface area contributed by atoms with Gasteiger partial charge in [0.2, 0.25) is 11.8 Å². The van der Waals surface area contributed by atoms with E-state index in [1.165, 1.54) is 7.11 Å².